The lowest BCUT2D eigenvalue weighted by Crippen LogP contribution is -2.44. The number of aryl methyl sites for hydroxylation is 1. The van der Waals surface area contributed by atoms with Crippen LogP contribution >= 0.6 is 0 Å². The number of hydrogen-bond donors (Lipinski definition) is 0. The van der Waals surface area contributed by atoms with Crippen LogP contribution in [0.15, 0.2) is 34.7 Å². The van der Waals surface area contributed by atoms with Gasteiger partial charge >= 0.3 is 5.97 Å². The molecule has 9 heteroatoms. The van der Waals surface area contributed by atoms with Gasteiger partial charge in [-0.3, -0.25) is 14.4 Å². The maximum atomic E-state index is 13.5. The summed E-state index contributed by atoms with van der Waals surface area (Å²) in [6.45, 7) is 8.84. The van der Waals surface area contributed by atoms with Gasteiger partial charge in [-0.25, -0.2) is 0 Å². The Hall–Kier alpha value is -3.49. The van der Waals surface area contributed by atoms with Gasteiger partial charge in [0.2, 0.25) is 18.6 Å². The minimum atomic E-state index is -0.422. The van der Waals surface area contributed by atoms with Gasteiger partial charge < -0.3 is 28.4 Å². The van der Waals surface area contributed by atoms with Gasteiger partial charge in [0.1, 0.15) is 11.5 Å². The summed E-state index contributed by atoms with van der Waals surface area (Å²) in [4.78, 5) is 41.3. The lowest BCUT2D eigenvalue weighted by atomic mass is 10.1. The number of fused-ring (bicyclic) bond motifs is 1. The van der Waals surface area contributed by atoms with Crippen LogP contribution in [0.1, 0.15) is 50.7 Å². The summed E-state index contributed by atoms with van der Waals surface area (Å²) in [7, 11) is 0. The van der Waals surface area contributed by atoms with Crippen molar-refractivity contribution in [1.82, 2.24) is 9.80 Å². The third kappa shape index (κ3) is 7.77. The van der Waals surface area contributed by atoms with Crippen molar-refractivity contribution in [2.24, 2.45) is 5.92 Å². The molecule has 3 rings (SSSR count). The highest BCUT2D eigenvalue weighted by Crippen LogP contribution is 2.33. The number of benzene rings is 1. The van der Waals surface area contributed by atoms with E-state index in [1.807, 2.05) is 51.1 Å². The van der Waals surface area contributed by atoms with Crippen LogP contribution in [-0.2, 0) is 32.2 Å². The van der Waals surface area contributed by atoms with Crippen LogP contribution in [0.3, 0.4) is 0 Å². The van der Waals surface area contributed by atoms with Crippen LogP contribution in [0, 0.1) is 12.8 Å². The van der Waals surface area contributed by atoms with Gasteiger partial charge in [0.05, 0.1) is 26.1 Å². The summed E-state index contributed by atoms with van der Waals surface area (Å²) in [6.07, 6.45) is -0.0135. The van der Waals surface area contributed by atoms with Crippen LogP contribution in [0.5, 0.6) is 11.5 Å². The average Bonchev–Trinajstić information content (AvgIpc) is 3.44. The van der Waals surface area contributed by atoms with Crippen LogP contribution in [0.25, 0.3) is 0 Å². The molecular weight excluding hydrogens is 452 g/mol. The molecule has 2 amide bonds. The Labute approximate surface area is 205 Å². The van der Waals surface area contributed by atoms with Crippen molar-refractivity contribution in [2.45, 2.75) is 53.6 Å². The highest BCUT2D eigenvalue weighted by Gasteiger charge is 2.24. The van der Waals surface area contributed by atoms with E-state index in [9.17, 15) is 14.4 Å². The highest BCUT2D eigenvalue weighted by molar-refractivity contribution is 5.86. The van der Waals surface area contributed by atoms with Crippen molar-refractivity contribution < 1.29 is 33.0 Å². The molecule has 190 valence electrons. The summed E-state index contributed by atoms with van der Waals surface area (Å²) < 4.78 is 21.5. The molecule has 0 saturated heterocycles. The van der Waals surface area contributed by atoms with Crippen molar-refractivity contribution >= 4 is 17.8 Å². The lowest BCUT2D eigenvalue weighted by molar-refractivity contribution is -0.146. The Balaban J connectivity index is 1.74. The smallest absolute Gasteiger partial charge is 0.306 e. The molecule has 0 unspecified atom stereocenters. The summed E-state index contributed by atoms with van der Waals surface area (Å²) in [6, 6.07) is 9.25. The van der Waals surface area contributed by atoms with Crippen molar-refractivity contribution in [2.75, 3.05) is 26.5 Å². The predicted molar refractivity (Wildman–Crippen MR) is 128 cm³/mol. The second-order valence-electron chi connectivity index (χ2n) is 8.92. The third-order valence-electron chi connectivity index (χ3n) is 5.42. The number of ether oxygens (including phenoxy) is 3. The maximum absolute atomic E-state index is 13.5. The molecule has 0 saturated carbocycles. The van der Waals surface area contributed by atoms with Crippen LogP contribution in [0.4, 0.5) is 0 Å². The van der Waals surface area contributed by atoms with Gasteiger partial charge in [0.25, 0.3) is 0 Å². The topological polar surface area (TPSA) is 98.5 Å². The lowest BCUT2D eigenvalue weighted by Gasteiger charge is -2.28. The van der Waals surface area contributed by atoms with E-state index >= 15 is 0 Å². The van der Waals surface area contributed by atoms with Crippen molar-refractivity contribution in [3.63, 3.8) is 0 Å². The first-order valence-electron chi connectivity index (χ1n) is 11.9. The Morgan fingerprint density at radius 3 is 2.43 bits per heavy atom. The molecule has 1 aliphatic heterocycles. The largest absolute Gasteiger partial charge is 0.466 e. The molecule has 2 heterocycles. The summed E-state index contributed by atoms with van der Waals surface area (Å²) in [5.74, 6) is 1.98. The zero-order valence-corrected chi connectivity index (χ0v) is 20.9. The number of amides is 2. The zero-order chi connectivity index (χ0) is 25.4. The molecular formula is C26H34N2O7. The molecule has 0 aliphatic carbocycles. The number of nitrogens with zero attached hydrogens (tertiary/aromatic N) is 2. The minimum absolute atomic E-state index is 0.00161. The van der Waals surface area contributed by atoms with Gasteiger partial charge in [-0.15, -0.1) is 0 Å². The Bertz CT molecular complexity index is 1030. The molecule has 2 aromatic rings. The van der Waals surface area contributed by atoms with Gasteiger partial charge in [-0.05, 0) is 49.6 Å². The molecule has 0 atom stereocenters. The Kier molecular flexibility index (Phi) is 9.17. The Morgan fingerprint density at radius 1 is 0.971 bits per heavy atom. The van der Waals surface area contributed by atoms with E-state index in [0.29, 0.717) is 30.3 Å². The molecule has 1 aliphatic rings. The first kappa shape index (κ1) is 26.1. The molecule has 0 bridgehead atoms. The maximum Gasteiger partial charge on any atom is 0.306 e. The molecule has 1 aromatic heterocycles. The first-order chi connectivity index (χ1) is 16.7. The molecule has 9 nitrogen and oxygen atoms in total. The van der Waals surface area contributed by atoms with Gasteiger partial charge in [0.15, 0.2) is 11.5 Å². The van der Waals surface area contributed by atoms with Crippen molar-refractivity contribution in [3.05, 3.63) is 47.4 Å². The van der Waals surface area contributed by atoms with Gasteiger partial charge in [-0.2, -0.15) is 0 Å². The van der Waals surface area contributed by atoms with Crippen molar-refractivity contribution in [3.8, 4) is 11.5 Å². The average molecular weight is 487 g/mol. The fraction of sp³-hybridized carbons (Fsp3) is 0.500. The van der Waals surface area contributed by atoms with E-state index in [1.165, 1.54) is 4.90 Å². The van der Waals surface area contributed by atoms with Crippen LogP contribution in [-0.4, -0.2) is 54.1 Å². The number of hydrogen-bond acceptors (Lipinski definition) is 7. The molecule has 0 spiro atoms. The van der Waals surface area contributed by atoms with E-state index in [1.54, 1.807) is 11.8 Å². The van der Waals surface area contributed by atoms with E-state index in [4.69, 9.17) is 18.6 Å². The normalized spacial score (nSPS) is 12.0. The molecule has 35 heavy (non-hydrogen) atoms. The number of carbonyl (C=O) groups is 3. The van der Waals surface area contributed by atoms with Crippen LogP contribution < -0.4 is 9.47 Å². The fourth-order valence-corrected chi connectivity index (χ4v) is 3.81. The van der Waals surface area contributed by atoms with E-state index in [0.717, 1.165) is 11.3 Å². The minimum Gasteiger partial charge on any atom is -0.466 e. The Morgan fingerprint density at radius 2 is 1.74 bits per heavy atom. The van der Waals surface area contributed by atoms with Gasteiger partial charge in [0, 0.05) is 19.5 Å². The summed E-state index contributed by atoms with van der Waals surface area (Å²) in [5, 5.41) is 0. The monoisotopic (exact) mass is 486 g/mol. The van der Waals surface area contributed by atoms with E-state index in [2.05, 4.69) is 0 Å². The van der Waals surface area contributed by atoms with Gasteiger partial charge in [-0.1, -0.05) is 19.9 Å². The van der Waals surface area contributed by atoms with Crippen LogP contribution in [0.2, 0.25) is 0 Å². The van der Waals surface area contributed by atoms with Crippen molar-refractivity contribution in [1.29, 1.82) is 0 Å². The summed E-state index contributed by atoms with van der Waals surface area (Å²) >= 11 is 0. The summed E-state index contributed by atoms with van der Waals surface area (Å²) in [5.41, 5.74) is 0.870. The predicted octanol–water partition coefficient (Wildman–Crippen LogP) is 3.67. The number of esters is 1. The second-order valence-corrected chi connectivity index (χ2v) is 8.92. The highest BCUT2D eigenvalue weighted by atomic mass is 16.7. The molecule has 0 N–H and O–H groups in total. The number of furan rings is 1. The quantitative estimate of drug-likeness (QED) is 0.422. The first-order valence-corrected chi connectivity index (χ1v) is 11.9. The standard InChI is InChI=1S/C26H34N2O7/c1-5-32-26(31)11-10-24(29)27(13-18(2)3)16-25(30)28(15-21-8-6-19(4)35-21)14-20-7-9-22-23(12-20)34-17-33-22/h6-9,12,18H,5,10-11,13-17H2,1-4H3. The molecule has 0 fully saturated rings. The molecule has 0 radical (unpaired) electrons. The van der Waals surface area contributed by atoms with E-state index < -0.39 is 5.97 Å². The second kappa shape index (κ2) is 12.3. The zero-order valence-electron chi connectivity index (χ0n) is 20.9. The fourth-order valence-electron chi connectivity index (χ4n) is 3.81. The van der Waals surface area contributed by atoms with E-state index in [-0.39, 0.29) is 57.1 Å². The SMILES string of the molecule is CCOC(=O)CCC(=O)N(CC(=O)N(Cc1ccc2c(c1)OCO2)Cc1ccc(C)o1)CC(C)C. The molecule has 1 aromatic carbocycles. The number of rotatable bonds is 12. The number of carbonyl (C=O) groups excluding carboxylic acids is 3. The third-order valence-corrected chi connectivity index (χ3v) is 5.42.